The van der Waals surface area contributed by atoms with Crippen LogP contribution in [0.15, 0.2) is 0 Å². The number of methoxy groups -OCH3 is 1. The molecule has 1 fully saturated rings. The summed E-state index contributed by atoms with van der Waals surface area (Å²) in [5.74, 6) is -2.28. The van der Waals surface area contributed by atoms with Gasteiger partial charge in [-0.15, -0.1) is 0 Å². The molecule has 0 aromatic heterocycles. The minimum Gasteiger partial charge on any atom is -0.385 e. The molecule has 8 heteroatoms. The first-order valence-electron chi connectivity index (χ1n) is 6.99. The Kier molecular flexibility index (Phi) is 6.94. The summed E-state index contributed by atoms with van der Waals surface area (Å²) >= 11 is 0. The van der Waals surface area contributed by atoms with Crippen molar-refractivity contribution in [3.05, 3.63) is 0 Å². The normalized spacial score (nSPS) is 16.9. The predicted octanol–water partition coefficient (Wildman–Crippen LogP) is 1.33. The van der Waals surface area contributed by atoms with E-state index in [2.05, 4.69) is 5.32 Å². The number of halogens is 3. The Hall–Kier alpha value is -1.31. The largest absolute Gasteiger partial charge is 0.471 e. The molecule has 0 unspecified atom stereocenters. The van der Waals surface area contributed by atoms with E-state index in [1.54, 1.807) is 7.11 Å². The third-order valence-corrected chi connectivity index (χ3v) is 3.47. The Morgan fingerprint density at radius 1 is 1.24 bits per heavy atom. The summed E-state index contributed by atoms with van der Waals surface area (Å²) in [6.45, 7) is 1.11. The maximum absolute atomic E-state index is 12.3. The van der Waals surface area contributed by atoms with Crippen LogP contribution in [0.1, 0.15) is 25.7 Å². The van der Waals surface area contributed by atoms with E-state index in [0.717, 1.165) is 17.7 Å². The Morgan fingerprint density at radius 2 is 1.86 bits per heavy atom. The molecule has 1 N–H and O–H groups in total. The van der Waals surface area contributed by atoms with Gasteiger partial charge in [0.15, 0.2) is 0 Å². The van der Waals surface area contributed by atoms with Gasteiger partial charge in [-0.1, -0.05) is 0 Å². The van der Waals surface area contributed by atoms with Gasteiger partial charge in [0, 0.05) is 39.3 Å². The summed E-state index contributed by atoms with van der Waals surface area (Å²) in [5, 5.41) is 2.77. The van der Waals surface area contributed by atoms with Gasteiger partial charge in [0.05, 0.1) is 0 Å². The monoisotopic (exact) mass is 310 g/mol. The van der Waals surface area contributed by atoms with E-state index in [0.29, 0.717) is 13.2 Å². The number of piperidine rings is 1. The van der Waals surface area contributed by atoms with Crippen LogP contribution >= 0.6 is 0 Å². The number of nitrogens with zero attached hydrogens (tertiary/aromatic N) is 1. The highest BCUT2D eigenvalue weighted by atomic mass is 19.4. The highest BCUT2D eigenvalue weighted by Gasteiger charge is 2.43. The molecule has 0 aliphatic carbocycles. The van der Waals surface area contributed by atoms with E-state index in [-0.39, 0.29) is 37.8 Å². The summed E-state index contributed by atoms with van der Waals surface area (Å²) in [7, 11) is 1.61. The van der Waals surface area contributed by atoms with Gasteiger partial charge in [0.2, 0.25) is 5.91 Å². The molecule has 0 aromatic carbocycles. The molecule has 1 aliphatic heterocycles. The van der Waals surface area contributed by atoms with Gasteiger partial charge >= 0.3 is 12.1 Å². The topological polar surface area (TPSA) is 58.6 Å². The Labute approximate surface area is 121 Å². The Morgan fingerprint density at radius 3 is 2.38 bits per heavy atom. The van der Waals surface area contributed by atoms with Crippen molar-refractivity contribution >= 4 is 11.8 Å². The fraction of sp³-hybridized carbons (Fsp3) is 0.846. The van der Waals surface area contributed by atoms with E-state index in [1.807, 2.05) is 0 Å². The van der Waals surface area contributed by atoms with Gasteiger partial charge in [-0.2, -0.15) is 13.2 Å². The third-order valence-electron chi connectivity index (χ3n) is 3.47. The number of carbonyl (C=O) groups excluding carboxylic acids is 2. The number of nitrogens with one attached hydrogen (secondary N) is 1. The van der Waals surface area contributed by atoms with Gasteiger partial charge in [-0.05, 0) is 25.7 Å². The zero-order chi connectivity index (χ0) is 15.9. The molecule has 0 atom stereocenters. The zero-order valence-corrected chi connectivity index (χ0v) is 12.0. The zero-order valence-electron chi connectivity index (χ0n) is 12.0. The molecule has 0 radical (unpaired) electrons. The number of ether oxygens (including phenoxy) is 1. The molecule has 1 aliphatic rings. The van der Waals surface area contributed by atoms with Crippen molar-refractivity contribution in [3.63, 3.8) is 0 Å². The number of unbranched alkanes of at least 4 members (excludes halogenated alkanes) is 1. The summed E-state index contributed by atoms with van der Waals surface area (Å²) < 4.78 is 41.7. The van der Waals surface area contributed by atoms with Crippen LogP contribution in [0.25, 0.3) is 0 Å². The molecule has 0 spiro atoms. The minimum absolute atomic E-state index is 0.0277. The van der Waals surface area contributed by atoms with Crippen LogP contribution < -0.4 is 5.32 Å². The molecule has 1 heterocycles. The molecule has 0 aromatic rings. The first-order valence-corrected chi connectivity index (χ1v) is 6.99. The molecule has 2 amide bonds. The number of rotatable bonds is 6. The van der Waals surface area contributed by atoms with Crippen LogP contribution in [0.4, 0.5) is 13.2 Å². The summed E-state index contributed by atoms with van der Waals surface area (Å²) in [6.07, 6.45) is -2.66. The number of amides is 2. The standard InChI is InChI=1S/C13H21F3N2O3/c1-21-9-3-2-6-17-11(19)10-4-7-18(8-5-10)12(20)13(14,15)16/h10H,2-9H2,1H3,(H,17,19). The molecular weight excluding hydrogens is 289 g/mol. The van der Waals surface area contributed by atoms with Crippen molar-refractivity contribution in [2.24, 2.45) is 5.92 Å². The summed E-state index contributed by atoms with van der Waals surface area (Å²) in [4.78, 5) is 23.7. The molecule has 1 saturated heterocycles. The smallest absolute Gasteiger partial charge is 0.385 e. The van der Waals surface area contributed by atoms with Gasteiger partial charge in [-0.25, -0.2) is 0 Å². The van der Waals surface area contributed by atoms with E-state index in [4.69, 9.17) is 4.74 Å². The first-order chi connectivity index (χ1) is 9.86. The number of alkyl halides is 3. The van der Waals surface area contributed by atoms with Crippen LogP contribution in [-0.2, 0) is 14.3 Å². The van der Waals surface area contributed by atoms with Gasteiger partial charge < -0.3 is 15.0 Å². The van der Waals surface area contributed by atoms with Crippen molar-refractivity contribution in [2.45, 2.75) is 31.9 Å². The number of likely N-dealkylation sites (tertiary alicyclic amines) is 1. The number of hydrogen-bond acceptors (Lipinski definition) is 3. The summed E-state index contributed by atoms with van der Waals surface area (Å²) in [5.41, 5.74) is 0. The molecule has 21 heavy (non-hydrogen) atoms. The average molecular weight is 310 g/mol. The van der Waals surface area contributed by atoms with E-state index in [1.165, 1.54) is 0 Å². The predicted molar refractivity (Wildman–Crippen MR) is 69.5 cm³/mol. The Bertz CT molecular complexity index is 353. The molecule has 122 valence electrons. The van der Waals surface area contributed by atoms with Gasteiger partial charge in [0.25, 0.3) is 0 Å². The number of hydrogen-bond donors (Lipinski definition) is 1. The van der Waals surface area contributed by atoms with E-state index in [9.17, 15) is 22.8 Å². The second-order valence-electron chi connectivity index (χ2n) is 5.06. The molecular formula is C13H21F3N2O3. The van der Waals surface area contributed by atoms with Crippen molar-refractivity contribution in [1.29, 1.82) is 0 Å². The second-order valence-corrected chi connectivity index (χ2v) is 5.06. The van der Waals surface area contributed by atoms with Gasteiger partial charge in [0.1, 0.15) is 0 Å². The highest BCUT2D eigenvalue weighted by Crippen LogP contribution is 2.23. The molecule has 5 nitrogen and oxygen atoms in total. The first kappa shape index (κ1) is 17.7. The lowest BCUT2D eigenvalue weighted by Gasteiger charge is -2.31. The van der Waals surface area contributed by atoms with Crippen LogP contribution in [-0.4, -0.2) is 56.2 Å². The Balaban J connectivity index is 2.26. The third kappa shape index (κ3) is 5.91. The van der Waals surface area contributed by atoms with Crippen LogP contribution in [0.5, 0.6) is 0 Å². The van der Waals surface area contributed by atoms with E-state index < -0.39 is 12.1 Å². The lowest BCUT2D eigenvalue weighted by molar-refractivity contribution is -0.186. The SMILES string of the molecule is COCCCCNC(=O)C1CCN(C(=O)C(F)(F)F)CC1. The molecule has 1 rings (SSSR count). The average Bonchev–Trinajstić information content (AvgIpc) is 2.45. The van der Waals surface area contributed by atoms with E-state index >= 15 is 0 Å². The quantitative estimate of drug-likeness (QED) is 0.753. The van der Waals surface area contributed by atoms with Gasteiger partial charge in [-0.3, -0.25) is 9.59 Å². The molecule has 0 bridgehead atoms. The maximum atomic E-state index is 12.3. The molecule has 0 saturated carbocycles. The highest BCUT2D eigenvalue weighted by molar-refractivity contribution is 5.83. The van der Waals surface area contributed by atoms with Crippen molar-refractivity contribution < 1.29 is 27.5 Å². The lowest BCUT2D eigenvalue weighted by Crippen LogP contribution is -2.47. The lowest BCUT2D eigenvalue weighted by atomic mass is 9.96. The van der Waals surface area contributed by atoms with Crippen LogP contribution in [0.2, 0.25) is 0 Å². The van der Waals surface area contributed by atoms with Crippen LogP contribution in [0, 0.1) is 5.92 Å². The van der Waals surface area contributed by atoms with Crippen molar-refractivity contribution in [3.8, 4) is 0 Å². The fourth-order valence-corrected chi connectivity index (χ4v) is 2.25. The fourth-order valence-electron chi connectivity index (χ4n) is 2.25. The van der Waals surface area contributed by atoms with Crippen LogP contribution in [0.3, 0.4) is 0 Å². The minimum atomic E-state index is -4.84. The summed E-state index contributed by atoms with van der Waals surface area (Å²) in [6, 6.07) is 0. The van der Waals surface area contributed by atoms with Crippen molar-refractivity contribution in [1.82, 2.24) is 10.2 Å². The van der Waals surface area contributed by atoms with Crippen molar-refractivity contribution in [2.75, 3.05) is 33.4 Å². The maximum Gasteiger partial charge on any atom is 0.471 e. The second kappa shape index (κ2) is 8.21. The number of carbonyl (C=O) groups is 2.